The number of rotatable bonds is 14. The van der Waals surface area contributed by atoms with Crippen LogP contribution in [-0.4, -0.2) is 32.3 Å². The molecule has 0 saturated carbocycles. The second-order valence-corrected chi connectivity index (χ2v) is 16.1. The topological polar surface area (TPSA) is 52.6 Å². The van der Waals surface area contributed by atoms with Gasteiger partial charge < -0.3 is 9.16 Å². The molecule has 0 aliphatic carbocycles. The average Bonchev–Trinajstić information content (AvgIpc) is 2.64. The molecule has 0 aromatic heterocycles. The van der Waals surface area contributed by atoms with E-state index in [2.05, 4.69) is 66.8 Å². The van der Waals surface area contributed by atoms with Gasteiger partial charge in [0.1, 0.15) is 12.2 Å². The van der Waals surface area contributed by atoms with Crippen LogP contribution in [0.25, 0.3) is 0 Å². The molecule has 0 aromatic carbocycles. The second kappa shape index (κ2) is 14.1. The minimum atomic E-state index is -1.99. The Morgan fingerprint density at radius 1 is 0.727 bits per heavy atom. The Bertz CT molecular complexity index is 733. The van der Waals surface area contributed by atoms with Crippen LogP contribution < -0.4 is 0 Å². The van der Waals surface area contributed by atoms with Crippen molar-refractivity contribution in [1.29, 1.82) is 0 Å². The predicted octanol–water partition coefficient (Wildman–Crippen LogP) is 8.10. The molecule has 0 heterocycles. The van der Waals surface area contributed by atoms with Gasteiger partial charge in [0.2, 0.25) is 0 Å². The fourth-order valence-electron chi connectivity index (χ4n) is 3.16. The van der Waals surface area contributed by atoms with Crippen molar-refractivity contribution in [3.05, 3.63) is 34.9 Å². The van der Waals surface area contributed by atoms with Crippen molar-refractivity contribution in [2.24, 2.45) is 0 Å². The second-order valence-electron chi connectivity index (χ2n) is 11.3. The molecule has 33 heavy (non-hydrogen) atoms. The lowest BCUT2D eigenvalue weighted by molar-refractivity contribution is -0.139. The highest BCUT2D eigenvalue weighted by Crippen LogP contribution is 2.39. The third kappa shape index (κ3) is 13.7. The first-order chi connectivity index (χ1) is 15.0. The Morgan fingerprint density at radius 2 is 1.18 bits per heavy atom. The summed E-state index contributed by atoms with van der Waals surface area (Å²) in [6.07, 6.45) is 11.8. The van der Waals surface area contributed by atoms with Gasteiger partial charge in [-0.1, -0.05) is 49.6 Å². The van der Waals surface area contributed by atoms with Crippen molar-refractivity contribution in [3.8, 4) is 0 Å². The first-order valence-corrected chi connectivity index (χ1v) is 15.2. The van der Waals surface area contributed by atoms with Crippen LogP contribution >= 0.6 is 0 Å². The number of ketones is 1. The molecule has 0 saturated heterocycles. The van der Waals surface area contributed by atoms with Gasteiger partial charge in [-0.05, 0) is 90.9 Å². The van der Waals surface area contributed by atoms with E-state index in [1.165, 1.54) is 23.6 Å². The monoisotopic (exact) mass is 478 g/mol. The number of allylic oxidation sites excluding steroid dienone is 5. The van der Waals surface area contributed by atoms with Crippen molar-refractivity contribution in [1.82, 2.24) is 0 Å². The van der Waals surface area contributed by atoms with Gasteiger partial charge in [-0.2, -0.15) is 0 Å². The lowest BCUT2D eigenvalue weighted by Gasteiger charge is -2.42. The number of ether oxygens (including phenoxy) is 1. The predicted molar refractivity (Wildman–Crippen MR) is 143 cm³/mol. The van der Waals surface area contributed by atoms with Crippen LogP contribution in [-0.2, 0) is 18.8 Å². The van der Waals surface area contributed by atoms with Crippen molar-refractivity contribution < 1.29 is 18.8 Å². The Balaban J connectivity index is 4.47. The molecule has 0 atom stereocenters. The van der Waals surface area contributed by atoms with Gasteiger partial charge in [0.25, 0.3) is 0 Å². The Morgan fingerprint density at radius 3 is 1.64 bits per heavy atom. The van der Waals surface area contributed by atoms with Gasteiger partial charge in [0.15, 0.2) is 14.1 Å². The lowest BCUT2D eigenvalue weighted by atomic mass is 9.97. The fraction of sp³-hybridized carbons (Fsp3) is 0.714. The van der Waals surface area contributed by atoms with E-state index < -0.39 is 13.9 Å². The number of Topliss-reactive ketones (excluding diaryl/α,β-unsaturated/α-hetero) is 1. The molecule has 0 unspecified atom stereocenters. The zero-order valence-electron chi connectivity index (χ0n) is 23.3. The van der Waals surface area contributed by atoms with E-state index in [9.17, 15) is 9.59 Å². The molecule has 0 rings (SSSR count). The van der Waals surface area contributed by atoms with E-state index in [0.717, 1.165) is 32.1 Å². The van der Waals surface area contributed by atoms with Crippen LogP contribution in [0.5, 0.6) is 0 Å². The smallest absolute Gasteiger partial charge is 0.302 e. The maximum Gasteiger partial charge on any atom is 0.302 e. The van der Waals surface area contributed by atoms with Crippen molar-refractivity contribution in [3.63, 3.8) is 0 Å². The van der Waals surface area contributed by atoms with E-state index in [0.29, 0.717) is 13.0 Å². The summed E-state index contributed by atoms with van der Waals surface area (Å²) >= 11 is 0. The molecule has 0 spiro atoms. The average molecular weight is 479 g/mol. The van der Waals surface area contributed by atoms with E-state index in [4.69, 9.17) is 9.16 Å². The van der Waals surface area contributed by atoms with Gasteiger partial charge in [-0.25, -0.2) is 0 Å². The van der Waals surface area contributed by atoms with Crippen LogP contribution in [0.3, 0.4) is 0 Å². The van der Waals surface area contributed by atoms with Gasteiger partial charge in [-0.15, -0.1) is 0 Å². The quantitative estimate of drug-likeness (QED) is 0.144. The summed E-state index contributed by atoms with van der Waals surface area (Å²) in [5.41, 5.74) is 3.16. The van der Waals surface area contributed by atoms with E-state index in [-0.39, 0.29) is 16.8 Å². The summed E-state index contributed by atoms with van der Waals surface area (Å²) in [6.45, 7) is 23.0. The summed E-state index contributed by atoms with van der Waals surface area (Å²) in [6, 6.07) is 0. The molecule has 0 N–H and O–H groups in total. The molecular weight excluding hydrogens is 428 g/mol. The normalized spacial score (nSPS) is 14.5. The molecule has 190 valence electrons. The summed E-state index contributed by atoms with van der Waals surface area (Å²) < 4.78 is 11.4. The summed E-state index contributed by atoms with van der Waals surface area (Å²) in [5, 5.41) is 0.0879. The first-order valence-electron chi connectivity index (χ1n) is 12.3. The summed E-state index contributed by atoms with van der Waals surface area (Å²) in [7, 11) is -1.99. The third-order valence-electron chi connectivity index (χ3n) is 6.52. The van der Waals surface area contributed by atoms with Crippen LogP contribution in [0.4, 0.5) is 0 Å². The van der Waals surface area contributed by atoms with Crippen LogP contribution in [0, 0.1) is 0 Å². The molecule has 5 heteroatoms. The number of esters is 1. The Kier molecular flexibility index (Phi) is 13.4. The van der Waals surface area contributed by atoms with E-state index >= 15 is 0 Å². The number of hydrogen-bond donors (Lipinski definition) is 0. The fourth-order valence-corrected chi connectivity index (χ4v) is 4.86. The number of hydrogen-bond acceptors (Lipinski definition) is 4. The van der Waals surface area contributed by atoms with Crippen LogP contribution in [0.1, 0.15) is 101 Å². The van der Waals surface area contributed by atoms with Crippen molar-refractivity contribution >= 4 is 20.1 Å². The number of carbonyl (C=O) groups is 2. The third-order valence-corrected chi connectivity index (χ3v) is 11.1. The Hall–Kier alpha value is -1.46. The summed E-state index contributed by atoms with van der Waals surface area (Å²) in [4.78, 5) is 23.7. The number of carbonyl (C=O) groups excluding carboxylic acids is 2. The molecule has 0 aliphatic rings. The maximum absolute atomic E-state index is 12.9. The summed E-state index contributed by atoms with van der Waals surface area (Å²) in [5.74, 6) is -0.0565. The zero-order chi connectivity index (χ0) is 25.9. The van der Waals surface area contributed by atoms with Crippen LogP contribution in [0.2, 0.25) is 18.1 Å². The lowest BCUT2D eigenvalue weighted by Crippen LogP contribution is -2.50. The maximum atomic E-state index is 12.9. The van der Waals surface area contributed by atoms with Gasteiger partial charge in [-0.3, -0.25) is 9.59 Å². The standard InChI is InChI=1S/C28H50O4Si/c1-22(15-13-17-24(3)20-21-31-25(4)29)14-12-16-23(2)18-19-26(30)28(8,9)32-33(10,11)27(5,6)7/h15-16,20H,12-14,17-19,21H2,1-11H3/b22-15+,23-16+,24-20+. The highest BCUT2D eigenvalue weighted by molar-refractivity contribution is 6.74. The molecule has 4 nitrogen and oxygen atoms in total. The zero-order valence-corrected chi connectivity index (χ0v) is 24.3. The van der Waals surface area contributed by atoms with E-state index in [1.807, 2.05) is 19.9 Å². The highest BCUT2D eigenvalue weighted by Gasteiger charge is 2.43. The van der Waals surface area contributed by atoms with Crippen molar-refractivity contribution in [2.75, 3.05) is 6.61 Å². The molecule has 0 fully saturated rings. The molecule has 0 aliphatic heterocycles. The van der Waals surface area contributed by atoms with Crippen LogP contribution in [0.15, 0.2) is 34.9 Å². The highest BCUT2D eigenvalue weighted by atomic mass is 28.4. The van der Waals surface area contributed by atoms with Gasteiger partial charge in [0, 0.05) is 13.3 Å². The molecular formula is C28H50O4Si. The SMILES string of the molecule is CC(=O)OC/C=C(\C)CC/C=C(\C)CC/C=C(\C)CCC(=O)C(C)(C)O[Si](C)(C)C(C)(C)C. The van der Waals surface area contributed by atoms with E-state index in [1.54, 1.807) is 0 Å². The first kappa shape index (κ1) is 31.5. The van der Waals surface area contributed by atoms with Gasteiger partial charge in [0.05, 0.1) is 0 Å². The molecule has 0 aromatic rings. The molecule has 0 radical (unpaired) electrons. The minimum Gasteiger partial charge on any atom is -0.462 e. The molecule has 0 bridgehead atoms. The molecule has 0 amide bonds. The largest absolute Gasteiger partial charge is 0.462 e. The van der Waals surface area contributed by atoms with Gasteiger partial charge >= 0.3 is 5.97 Å². The Labute approximate surface area is 205 Å². The minimum absolute atomic E-state index is 0.0879. The van der Waals surface area contributed by atoms with Crippen molar-refractivity contribution in [2.45, 2.75) is 125 Å².